The van der Waals surface area contributed by atoms with Crippen LogP contribution >= 0.6 is 11.9 Å². The van der Waals surface area contributed by atoms with Gasteiger partial charge in [-0.05, 0) is 38.1 Å². The van der Waals surface area contributed by atoms with Crippen LogP contribution in [0.2, 0.25) is 0 Å². The lowest BCUT2D eigenvalue weighted by Gasteiger charge is -2.21. The van der Waals surface area contributed by atoms with Gasteiger partial charge in [-0.15, -0.1) is 0 Å². The number of hydrogen-bond acceptors (Lipinski definition) is 8. The van der Waals surface area contributed by atoms with Crippen molar-refractivity contribution in [2.45, 2.75) is 25.8 Å². The Kier molecular flexibility index (Phi) is 9.17. The minimum atomic E-state index is -2.51. The van der Waals surface area contributed by atoms with Crippen molar-refractivity contribution < 1.29 is 22.7 Å². The van der Waals surface area contributed by atoms with Crippen LogP contribution in [-0.2, 0) is 21.7 Å². The van der Waals surface area contributed by atoms with Gasteiger partial charge in [0.2, 0.25) is 5.91 Å². The maximum Gasteiger partial charge on any atom is 0.311 e. The molecule has 1 aromatic rings. The van der Waals surface area contributed by atoms with E-state index in [1.165, 1.54) is 0 Å². The first-order valence-corrected chi connectivity index (χ1v) is 9.33. The Morgan fingerprint density at radius 3 is 2.48 bits per heavy atom. The van der Waals surface area contributed by atoms with Gasteiger partial charge >= 0.3 is 15.7 Å². The van der Waals surface area contributed by atoms with Crippen molar-refractivity contribution in [2.24, 2.45) is 4.36 Å². The number of carbonyl (C=O) groups excluding carboxylic acids is 2. The third-order valence-electron chi connectivity index (χ3n) is 3.26. The highest BCUT2D eigenvalue weighted by atomic mass is 32.2. The third-order valence-corrected chi connectivity index (χ3v) is 4.39. The largest absolute Gasteiger partial charge is 0.497 e. The number of hydrogen-bond donors (Lipinski definition) is 1. The highest BCUT2D eigenvalue weighted by molar-refractivity contribution is 8.11. The number of imide groups is 1. The molecule has 10 heteroatoms. The predicted molar refractivity (Wildman–Crippen MR) is 95.9 cm³/mol. The van der Waals surface area contributed by atoms with Crippen molar-refractivity contribution in [3.8, 4) is 5.75 Å². The zero-order valence-electron chi connectivity index (χ0n) is 14.3. The molecular weight excluding hydrogens is 366 g/mol. The minimum Gasteiger partial charge on any atom is -0.497 e. The predicted octanol–water partition coefficient (Wildman–Crippen LogP) is 1.90. The smallest absolute Gasteiger partial charge is 0.311 e. The second-order valence-corrected chi connectivity index (χ2v) is 6.71. The number of nitrogens with one attached hydrogen (secondary N) is 1. The van der Waals surface area contributed by atoms with Crippen LogP contribution in [0.25, 0.3) is 0 Å². The van der Waals surface area contributed by atoms with Crippen LogP contribution < -0.4 is 9.46 Å². The van der Waals surface area contributed by atoms with Crippen LogP contribution in [0.1, 0.15) is 18.9 Å². The van der Waals surface area contributed by atoms with Crippen molar-refractivity contribution in [1.82, 2.24) is 9.62 Å². The first-order valence-electron chi connectivity index (χ1n) is 7.48. The van der Waals surface area contributed by atoms with Crippen molar-refractivity contribution in [1.29, 1.82) is 0 Å². The molecule has 25 heavy (non-hydrogen) atoms. The van der Waals surface area contributed by atoms with E-state index in [-0.39, 0.29) is 25.3 Å². The van der Waals surface area contributed by atoms with Crippen LogP contribution in [0.4, 0.5) is 4.79 Å². The van der Waals surface area contributed by atoms with E-state index in [0.29, 0.717) is 5.75 Å². The third kappa shape index (κ3) is 7.67. The van der Waals surface area contributed by atoms with E-state index in [2.05, 4.69) is 9.08 Å². The Bertz CT molecular complexity index is 711. The number of rotatable bonds is 8. The molecule has 0 fully saturated rings. The van der Waals surface area contributed by atoms with Crippen LogP contribution in [0.5, 0.6) is 5.75 Å². The summed E-state index contributed by atoms with van der Waals surface area (Å²) < 4.78 is 32.3. The van der Waals surface area contributed by atoms with Crippen molar-refractivity contribution in [2.75, 3.05) is 20.7 Å². The van der Waals surface area contributed by atoms with Gasteiger partial charge < -0.3 is 4.74 Å². The first-order chi connectivity index (χ1) is 11.9. The standard InChI is InChI=1S/C15H21N3O5S2/c1-11(17-25(21)22)8-9-18(15(20)24-16-2)14(19)10-12-4-6-13(23-3)7-5-12/h4-7,11,16H,8-10H2,1-3H3. The molecule has 138 valence electrons. The van der Waals surface area contributed by atoms with E-state index >= 15 is 0 Å². The van der Waals surface area contributed by atoms with Gasteiger partial charge in [-0.25, -0.2) is 0 Å². The molecule has 0 bridgehead atoms. The zero-order chi connectivity index (χ0) is 18.8. The molecule has 2 amide bonds. The highest BCUT2D eigenvalue weighted by Gasteiger charge is 2.22. The van der Waals surface area contributed by atoms with Gasteiger partial charge in [0, 0.05) is 18.5 Å². The molecular formula is C15H21N3O5S2. The number of methoxy groups -OCH3 is 1. The molecule has 1 N–H and O–H groups in total. The van der Waals surface area contributed by atoms with E-state index < -0.39 is 21.8 Å². The number of carbonyl (C=O) groups is 2. The molecule has 0 aliphatic heterocycles. The number of amides is 2. The second-order valence-electron chi connectivity index (χ2n) is 5.10. The molecule has 1 rings (SSSR count). The summed E-state index contributed by atoms with van der Waals surface area (Å²) in [4.78, 5) is 25.7. The number of ether oxygens (including phenoxy) is 1. The van der Waals surface area contributed by atoms with E-state index in [9.17, 15) is 18.0 Å². The van der Waals surface area contributed by atoms with Gasteiger partial charge in [0.15, 0.2) is 0 Å². The molecule has 0 aliphatic rings. The zero-order valence-corrected chi connectivity index (χ0v) is 15.9. The summed E-state index contributed by atoms with van der Waals surface area (Å²) in [7, 11) is 0.616. The van der Waals surface area contributed by atoms with Gasteiger partial charge in [0.05, 0.1) is 19.6 Å². The molecule has 8 nitrogen and oxygen atoms in total. The Balaban J connectivity index is 2.80. The topological polar surface area (TPSA) is 105 Å². The Morgan fingerprint density at radius 2 is 1.96 bits per heavy atom. The monoisotopic (exact) mass is 387 g/mol. The van der Waals surface area contributed by atoms with E-state index in [0.717, 1.165) is 22.4 Å². The van der Waals surface area contributed by atoms with Crippen LogP contribution in [0, 0.1) is 0 Å². The summed E-state index contributed by atoms with van der Waals surface area (Å²) in [6.45, 7) is 1.70. The maximum absolute atomic E-state index is 12.5. The lowest BCUT2D eigenvalue weighted by molar-refractivity contribution is -0.127. The van der Waals surface area contributed by atoms with Gasteiger partial charge in [-0.3, -0.25) is 19.2 Å². The maximum atomic E-state index is 12.5. The quantitative estimate of drug-likeness (QED) is 0.679. The van der Waals surface area contributed by atoms with E-state index in [1.54, 1.807) is 45.3 Å². The summed E-state index contributed by atoms with van der Waals surface area (Å²) in [6, 6.07) is 6.47. The lowest BCUT2D eigenvalue weighted by Crippen LogP contribution is -2.38. The molecule has 0 aliphatic carbocycles. The van der Waals surface area contributed by atoms with Gasteiger partial charge in [0.25, 0.3) is 0 Å². The van der Waals surface area contributed by atoms with Crippen molar-refractivity contribution in [3.63, 3.8) is 0 Å². The highest BCUT2D eigenvalue weighted by Crippen LogP contribution is 2.14. The summed E-state index contributed by atoms with van der Waals surface area (Å²) in [5.41, 5.74) is 0.747. The molecule has 1 aromatic carbocycles. The van der Waals surface area contributed by atoms with Crippen molar-refractivity contribution >= 4 is 33.6 Å². The molecule has 0 radical (unpaired) electrons. The van der Waals surface area contributed by atoms with Gasteiger partial charge in [0.1, 0.15) is 5.75 Å². The van der Waals surface area contributed by atoms with Crippen molar-refractivity contribution in [3.05, 3.63) is 29.8 Å². The molecule has 1 atom stereocenters. The molecule has 0 saturated heterocycles. The minimum absolute atomic E-state index is 0.0546. The fraction of sp³-hybridized carbons (Fsp3) is 0.467. The molecule has 1 unspecified atom stereocenters. The molecule has 0 saturated carbocycles. The molecule has 0 aromatic heterocycles. The number of benzene rings is 1. The Morgan fingerprint density at radius 1 is 1.32 bits per heavy atom. The Labute approximate surface area is 152 Å². The summed E-state index contributed by atoms with van der Waals surface area (Å²) in [6.07, 6.45) is 0.317. The average Bonchev–Trinajstić information content (AvgIpc) is 2.55. The second kappa shape index (κ2) is 10.9. The Hall–Kier alpha value is -1.91. The summed E-state index contributed by atoms with van der Waals surface area (Å²) in [5.74, 6) is 0.310. The van der Waals surface area contributed by atoms with Crippen LogP contribution in [0.3, 0.4) is 0 Å². The summed E-state index contributed by atoms with van der Waals surface area (Å²) >= 11 is 0.794. The van der Waals surface area contributed by atoms with E-state index in [4.69, 9.17) is 4.74 Å². The van der Waals surface area contributed by atoms with Gasteiger partial charge in [-0.2, -0.15) is 12.8 Å². The average molecular weight is 387 g/mol. The van der Waals surface area contributed by atoms with E-state index in [1.807, 2.05) is 0 Å². The molecule has 0 spiro atoms. The van der Waals surface area contributed by atoms with Crippen LogP contribution in [0.15, 0.2) is 28.6 Å². The summed E-state index contributed by atoms with van der Waals surface area (Å²) in [5, 5.41) is -0.448. The SMILES string of the molecule is CNSC(=O)N(CCC(C)N=S(=O)=O)C(=O)Cc1ccc(OC)cc1. The fourth-order valence-electron chi connectivity index (χ4n) is 1.99. The van der Waals surface area contributed by atoms with Crippen LogP contribution in [-0.4, -0.2) is 51.2 Å². The fourth-order valence-corrected chi connectivity index (χ4v) is 2.87. The van der Waals surface area contributed by atoms with Gasteiger partial charge in [-0.1, -0.05) is 12.1 Å². The first kappa shape index (κ1) is 21.1. The lowest BCUT2D eigenvalue weighted by atomic mass is 10.1. The number of nitrogens with zero attached hydrogens (tertiary/aromatic N) is 2. The normalized spacial score (nSPS) is 11.5. The molecule has 0 heterocycles.